The summed E-state index contributed by atoms with van der Waals surface area (Å²) in [5.74, 6) is -0.280. The van der Waals surface area contributed by atoms with E-state index in [9.17, 15) is 12.8 Å². The summed E-state index contributed by atoms with van der Waals surface area (Å²) in [6.45, 7) is 0. The summed E-state index contributed by atoms with van der Waals surface area (Å²) in [6.07, 6.45) is 6.42. The van der Waals surface area contributed by atoms with Gasteiger partial charge in [0.2, 0.25) is 0 Å². The number of hydrogen-bond donors (Lipinski definition) is 0. The minimum Gasteiger partial charge on any atom is -0.224 e. The standard InChI is InChI=1S/C18H17FO2S/c1-22(20,21)16-10-11-17(14-6-8-15(19)9-7-14)18(12-16)13-4-2-3-5-13/h4,6-12H,2-3,5H2,1H3. The molecule has 0 aliphatic heterocycles. The molecule has 2 nitrogen and oxygen atoms in total. The fourth-order valence-electron chi connectivity index (χ4n) is 2.82. The molecule has 0 unspecified atom stereocenters. The molecule has 0 heterocycles. The van der Waals surface area contributed by atoms with Gasteiger partial charge < -0.3 is 0 Å². The highest BCUT2D eigenvalue weighted by Gasteiger charge is 2.16. The van der Waals surface area contributed by atoms with Crippen molar-refractivity contribution in [2.24, 2.45) is 0 Å². The van der Waals surface area contributed by atoms with Gasteiger partial charge in [-0.2, -0.15) is 0 Å². The van der Waals surface area contributed by atoms with E-state index < -0.39 is 9.84 Å². The quantitative estimate of drug-likeness (QED) is 0.837. The first-order valence-electron chi connectivity index (χ1n) is 7.24. The number of allylic oxidation sites excluding steroid dienone is 2. The highest BCUT2D eigenvalue weighted by molar-refractivity contribution is 7.90. The van der Waals surface area contributed by atoms with Crippen molar-refractivity contribution in [3.05, 3.63) is 59.9 Å². The Hall–Kier alpha value is -1.94. The van der Waals surface area contributed by atoms with Gasteiger partial charge >= 0.3 is 0 Å². The average molecular weight is 316 g/mol. The second kappa shape index (κ2) is 5.69. The Morgan fingerprint density at radius 2 is 1.73 bits per heavy atom. The third kappa shape index (κ3) is 2.97. The Balaban J connectivity index is 2.19. The molecule has 0 N–H and O–H groups in total. The maximum atomic E-state index is 13.1. The second-order valence-corrected chi connectivity index (χ2v) is 7.62. The molecule has 3 rings (SSSR count). The highest BCUT2D eigenvalue weighted by atomic mass is 32.2. The van der Waals surface area contributed by atoms with Crippen LogP contribution in [0.2, 0.25) is 0 Å². The maximum Gasteiger partial charge on any atom is 0.175 e. The van der Waals surface area contributed by atoms with E-state index >= 15 is 0 Å². The summed E-state index contributed by atoms with van der Waals surface area (Å²) < 4.78 is 36.8. The first-order chi connectivity index (χ1) is 10.4. The third-order valence-electron chi connectivity index (χ3n) is 3.96. The molecule has 1 aliphatic carbocycles. The third-order valence-corrected chi connectivity index (χ3v) is 5.07. The Labute approximate surface area is 130 Å². The zero-order valence-electron chi connectivity index (χ0n) is 12.3. The van der Waals surface area contributed by atoms with E-state index in [1.54, 1.807) is 24.3 Å². The van der Waals surface area contributed by atoms with Gasteiger partial charge in [-0.1, -0.05) is 24.3 Å². The molecule has 2 aromatic rings. The van der Waals surface area contributed by atoms with Crippen LogP contribution in [0, 0.1) is 5.82 Å². The van der Waals surface area contributed by atoms with Gasteiger partial charge in [0.05, 0.1) is 4.90 Å². The number of halogens is 1. The van der Waals surface area contributed by atoms with E-state index in [1.165, 1.54) is 24.0 Å². The monoisotopic (exact) mass is 316 g/mol. The topological polar surface area (TPSA) is 34.1 Å². The number of sulfone groups is 1. The molecule has 0 fully saturated rings. The van der Waals surface area contributed by atoms with Crippen molar-refractivity contribution in [1.82, 2.24) is 0 Å². The van der Waals surface area contributed by atoms with E-state index in [0.717, 1.165) is 36.0 Å². The van der Waals surface area contributed by atoms with Crippen LogP contribution in [0.1, 0.15) is 24.8 Å². The van der Waals surface area contributed by atoms with Crippen LogP contribution < -0.4 is 0 Å². The van der Waals surface area contributed by atoms with Gasteiger partial charge in [-0.25, -0.2) is 12.8 Å². The Morgan fingerprint density at radius 3 is 2.32 bits per heavy atom. The van der Waals surface area contributed by atoms with E-state index in [1.807, 2.05) is 6.07 Å². The van der Waals surface area contributed by atoms with Gasteiger partial charge in [-0.05, 0) is 65.8 Å². The minimum absolute atomic E-state index is 0.280. The van der Waals surface area contributed by atoms with Crippen molar-refractivity contribution < 1.29 is 12.8 Å². The first-order valence-corrected chi connectivity index (χ1v) is 9.14. The molecule has 0 saturated heterocycles. The van der Waals surface area contributed by atoms with Crippen molar-refractivity contribution in [3.63, 3.8) is 0 Å². The van der Waals surface area contributed by atoms with Crippen molar-refractivity contribution in [2.75, 3.05) is 6.26 Å². The van der Waals surface area contributed by atoms with E-state index in [4.69, 9.17) is 0 Å². The fraction of sp³-hybridized carbons (Fsp3) is 0.222. The van der Waals surface area contributed by atoms with Crippen LogP contribution in [0.3, 0.4) is 0 Å². The summed E-state index contributed by atoms with van der Waals surface area (Å²) in [4.78, 5) is 0.321. The lowest BCUT2D eigenvalue weighted by atomic mass is 9.94. The largest absolute Gasteiger partial charge is 0.224 e. The number of hydrogen-bond acceptors (Lipinski definition) is 2. The molecular formula is C18H17FO2S. The highest BCUT2D eigenvalue weighted by Crippen LogP contribution is 2.36. The van der Waals surface area contributed by atoms with E-state index in [2.05, 4.69) is 6.08 Å². The van der Waals surface area contributed by atoms with Crippen molar-refractivity contribution in [1.29, 1.82) is 0 Å². The van der Waals surface area contributed by atoms with Crippen molar-refractivity contribution >= 4 is 15.4 Å². The molecule has 4 heteroatoms. The molecule has 2 aromatic carbocycles. The summed E-state index contributed by atoms with van der Waals surface area (Å²) in [5.41, 5.74) is 3.95. The van der Waals surface area contributed by atoms with Crippen LogP contribution in [0.4, 0.5) is 4.39 Å². The van der Waals surface area contributed by atoms with E-state index in [-0.39, 0.29) is 5.82 Å². The fourth-order valence-corrected chi connectivity index (χ4v) is 3.46. The van der Waals surface area contributed by atoms with Crippen LogP contribution >= 0.6 is 0 Å². The predicted octanol–water partition coefficient (Wildman–Crippen LogP) is 4.46. The molecule has 114 valence electrons. The molecule has 0 atom stereocenters. The van der Waals surface area contributed by atoms with Crippen LogP contribution in [0.5, 0.6) is 0 Å². The molecule has 0 radical (unpaired) electrons. The summed E-state index contributed by atoms with van der Waals surface area (Å²) in [5, 5.41) is 0. The normalized spacial score (nSPS) is 14.9. The Bertz CT molecular complexity index is 834. The lowest BCUT2D eigenvalue weighted by Gasteiger charge is -2.13. The van der Waals surface area contributed by atoms with Gasteiger partial charge in [0.25, 0.3) is 0 Å². The van der Waals surface area contributed by atoms with Gasteiger partial charge in [0.15, 0.2) is 9.84 Å². The average Bonchev–Trinajstić information content (AvgIpc) is 3.01. The number of rotatable bonds is 3. The van der Waals surface area contributed by atoms with Gasteiger partial charge in [0, 0.05) is 6.26 Å². The van der Waals surface area contributed by atoms with Crippen LogP contribution in [-0.2, 0) is 9.84 Å². The number of benzene rings is 2. The van der Waals surface area contributed by atoms with Gasteiger partial charge in [-0.3, -0.25) is 0 Å². The Kier molecular flexibility index (Phi) is 3.87. The van der Waals surface area contributed by atoms with Crippen LogP contribution in [0.25, 0.3) is 16.7 Å². The molecule has 0 spiro atoms. The molecular weight excluding hydrogens is 299 g/mol. The first kappa shape index (κ1) is 15.0. The molecule has 22 heavy (non-hydrogen) atoms. The lowest BCUT2D eigenvalue weighted by Crippen LogP contribution is -1.99. The minimum atomic E-state index is -3.25. The molecule has 0 aromatic heterocycles. The summed E-state index contributed by atoms with van der Waals surface area (Å²) >= 11 is 0. The zero-order valence-corrected chi connectivity index (χ0v) is 13.2. The van der Waals surface area contributed by atoms with E-state index in [0.29, 0.717) is 4.90 Å². The van der Waals surface area contributed by atoms with Crippen molar-refractivity contribution in [3.8, 4) is 11.1 Å². The Morgan fingerprint density at radius 1 is 1.00 bits per heavy atom. The predicted molar refractivity (Wildman–Crippen MR) is 86.8 cm³/mol. The van der Waals surface area contributed by atoms with Gasteiger partial charge in [-0.15, -0.1) is 0 Å². The second-order valence-electron chi connectivity index (χ2n) is 5.61. The van der Waals surface area contributed by atoms with Gasteiger partial charge in [0.1, 0.15) is 5.82 Å². The van der Waals surface area contributed by atoms with Crippen molar-refractivity contribution in [2.45, 2.75) is 24.2 Å². The summed E-state index contributed by atoms with van der Waals surface area (Å²) in [7, 11) is -3.25. The van der Waals surface area contributed by atoms with Crippen LogP contribution in [0.15, 0.2) is 53.4 Å². The smallest absolute Gasteiger partial charge is 0.175 e. The molecule has 0 bridgehead atoms. The zero-order chi connectivity index (χ0) is 15.7. The molecule has 0 amide bonds. The van der Waals surface area contributed by atoms with Crippen LogP contribution in [-0.4, -0.2) is 14.7 Å². The summed E-state index contributed by atoms with van der Waals surface area (Å²) in [6, 6.07) is 11.5. The molecule has 1 aliphatic rings. The lowest BCUT2D eigenvalue weighted by molar-refractivity contribution is 0.602. The molecule has 0 saturated carbocycles. The SMILES string of the molecule is CS(=O)(=O)c1ccc(-c2ccc(F)cc2)c(C2=CCCC2)c1. The maximum absolute atomic E-state index is 13.1.